The number of rotatable bonds is 2. The molecule has 2 N–H and O–H groups in total. The second-order valence-corrected chi connectivity index (χ2v) is 4.93. The van der Waals surface area contributed by atoms with Crippen molar-refractivity contribution >= 4 is 17.5 Å². The van der Waals surface area contributed by atoms with E-state index in [1.165, 1.54) is 0 Å². The summed E-state index contributed by atoms with van der Waals surface area (Å²) in [5.74, 6) is -0.312. The van der Waals surface area contributed by atoms with Gasteiger partial charge in [0.1, 0.15) is 5.69 Å². The van der Waals surface area contributed by atoms with Gasteiger partial charge in [0.05, 0.1) is 12.1 Å². The summed E-state index contributed by atoms with van der Waals surface area (Å²) in [7, 11) is 0. The quantitative estimate of drug-likeness (QED) is 0.798. The molecule has 0 saturated heterocycles. The number of amides is 1. The van der Waals surface area contributed by atoms with Crippen molar-refractivity contribution in [1.82, 2.24) is 15.3 Å². The van der Waals surface area contributed by atoms with Crippen molar-refractivity contribution < 1.29 is 9.90 Å². The Bertz CT molecular complexity index is 433. The average Bonchev–Trinajstić information content (AvgIpc) is 2.31. The Morgan fingerprint density at radius 3 is 2.83 bits per heavy atom. The molecular formula is C12H16ClN3O2. The fraction of sp³-hybridized carbons (Fsp3) is 0.583. The van der Waals surface area contributed by atoms with Crippen molar-refractivity contribution in [2.45, 2.75) is 44.8 Å². The highest BCUT2D eigenvalue weighted by molar-refractivity contribution is 6.28. The predicted octanol–water partition coefficient (Wildman–Crippen LogP) is 1.47. The molecular weight excluding hydrogens is 254 g/mol. The lowest BCUT2D eigenvalue weighted by Gasteiger charge is -2.28. The Kier molecular flexibility index (Phi) is 4.14. The Hall–Kier alpha value is -1.20. The number of halogens is 1. The lowest BCUT2D eigenvalue weighted by molar-refractivity contribution is 0.0713. The summed E-state index contributed by atoms with van der Waals surface area (Å²) in [6.45, 7) is 1.75. The Morgan fingerprint density at radius 1 is 1.44 bits per heavy atom. The van der Waals surface area contributed by atoms with Crippen LogP contribution in [-0.4, -0.2) is 33.1 Å². The number of carbonyl (C=O) groups is 1. The van der Waals surface area contributed by atoms with E-state index in [4.69, 9.17) is 11.6 Å². The summed E-state index contributed by atoms with van der Waals surface area (Å²) in [5.41, 5.74) is 0.884. The summed E-state index contributed by atoms with van der Waals surface area (Å²) in [5, 5.41) is 12.7. The highest BCUT2D eigenvalue weighted by Gasteiger charge is 2.25. The van der Waals surface area contributed by atoms with Gasteiger partial charge in [-0.2, -0.15) is 0 Å². The molecule has 1 amide bonds. The lowest BCUT2D eigenvalue weighted by Crippen LogP contribution is -2.45. The van der Waals surface area contributed by atoms with E-state index in [0.717, 1.165) is 25.7 Å². The average molecular weight is 270 g/mol. The Morgan fingerprint density at radius 2 is 2.17 bits per heavy atom. The van der Waals surface area contributed by atoms with Gasteiger partial charge < -0.3 is 10.4 Å². The number of aliphatic hydroxyl groups is 1. The molecule has 2 atom stereocenters. The second kappa shape index (κ2) is 5.63. The van der Waals surface area contributed by atoms with Crippen LogP contribution in [0.15, 0.2) is 6.07 Å². The van der Waals surface area contributed by atoms with Gasteiger partial charge in [0, 0.05) is 5.69 Å². The first-order chi connectivity index (χ1) is 8.56. The summed E-state index contributed by atoms with van der Waals surface area (Å²) in [6.07, 6.45) is 3.08. The number of carbonyl (C=O) groups excluding carboxylic acids is 1. The van der Waals surface area contributed by atoms with E-state index in [0.29, 0.717) is 5.69 Å². The first kappa shape index (κ1) is 13.2. The molecule has 1 aliphatic rings. The van der Waals surface area contributed by atoms with Gasteiger partial charge in [-0.3, -0.25) is 4.79 Å². The van der Waals surface area contributed by atoms with E-state index in [1.54, 1.807) is 13.0 Å². The van der Waals surface area contributed by atoms with Crippen LogP contribution in [0.3, 0.4) is 0 Å². The van der Waals surface area contributed by atoms with E-state index in [-0.39, 0.29) is 22.9 Å². The summed E-state index contributed by atoms with van der Waals surface area (Å²) < 4.78 is 0. The van der Waals surface area contributed by atoms with Gasteiger partial charge in [0.25, 0.3) is 5.91 Å². The van der Waals surface area contributed by atoms with E-state index < -0.39 is 6.10 Å². The lowest BCUT2D eigenvalue weighted by atomic mass is 9.92. The van der Waals surface area contributed by atoms with Gasteiger partial charge in [0.15, 0.2) is 0 Å². The largest absolute Gasteiger partial charge is 0.391 e. The van der Waals surface area contributed by atoms with Gasteiger partial charge in [0.2, 0.25) is 5.28 Å². The maximum absolute atomic E-state index is 12.0. The molecule has 6 heteroatoms. The topological polar surface area (TPSA) is 75.1 Å². The van der Waals surface area contributed by atoms with E-state index in [2.05, 4.69) is 15.3 Å². The molecule has 1 heterocycles. The Balaban J connectivity index is 2.06. The highest BCUT2D eigenvalue weighted by Crippen LogP contribution is 2.18. The van der Waals surface area contributed by atoms with Crippen LogP contribution in [0.2, 0.25) is 5.28 Å². The van der Waals surface area contributed by atoms with Crippen LogP contribution in [-0.2, 0) is 0 Å². The second-order valence-electron chi connectivity index (χ2n) is 4.60. The van der Waals surface area contributed by atoms with Crippen molar-refractivity contribution in [1.29, 1.82) is 0 Å². The van der Waals surface area contributed by atoms with E-state index >= 15 is 0 Å². The maximum Gasteiger partial charge on any atom is 0.270 e. The van der Waals surface area contributed by atoms with Crippen LogP contribution in [0.5, 0.6) is 0 Å². The van der Waals surface area contributed by atoms with Gasteiger partial charge in [-0.1, -0.05) is 12.8 Å². The number of aromatic nitrogens is 2. The first-order valence-corrected chi connectivity index (χ1v) is 6.44. The SMILES string of the molecule is Cc1cc(C(=O)NC2CCCCC2O)nc(Cl)n1. The van der Waals surface area contributed by atoms with Crippen LogP contribution < -0.4 is 5.32 Å². The molecule has 1 aromatic heterocycles. The van der Waals surface area contributed by atoms with Crippen molar-refractivity contribution in [2.24, 2.45) is 0 Å². The zero-order valence-corrected chi connectivity index (χ0v) is 10.9. The molecule has 2 unspecified atom stereocenters. The minimum Gasteiger partial charge on any atom is -0.391 e. The minimum atomic E-state index is -0.471. The van der Waals surface area contributed by atoms with Crippen molar-refractivity contribution in [3.63, 3.8) is 0 Å². The van der Waals surface area contributed by atoms with Gasteiger partial charge in [-0.15, -0.1) is 0 Å². The number of hydrogen-bond acceptors (Lipinski definition) is 4. The molecule has 5 nitrogen and oxygen atoms in total. The number of aryl methyl sites for hydroxylation is 1. The standard InChI is InChI=1S/C12H16ClN3O2/c1-7-6-9(16-12(13)14-7)11(18)15-8-4-2-3-5-10(8)17/h6,8,10,17H,2-5H2,1H3,(H,15,18). The molecule has 0 radical (unpaired) electrons. The zero-order chi connectivity index (χ0) is 13.1. The van der Waals surface area contributed by atoms with Crippen molar-refractivity contribution in [2.75, 3.05) is 0 Å². The molecule has 0 aromatic carbocycles. The number of hydrogen-bond donors (Lipinski definition) is 2. The molecule has 0 aliphatic heterocycles. The third kappa shape index (κ3) is 3.17. The summed E-state index contributed by atoms with van der Waals surface area (Å²) in [6, 6.07) is 1.39. The van der Waals surface area contributed by atoms with Crippen LogP contribution >= 0.6 is 11.6 Å². The molecule has 18 heavy (non-hydrogen) atoms. The number of aliphatic hydroxyl groups excluding tert-OH is 1. The van der Waals surface area contributed by atoms with Gasteiger partial charge >= 0.3 is 0 Å². The molecule has 1 aliphatic carbocycles. The first-order valence-electron chi connectivity index (χ1n) is 6.06. The smallest absolute Gasteiger partial charge is 0.270 e. The minimum absolute atomic E-state index is 0.0596. The molecule has 1 fully saturated rings. The molecule has 98 valence electrons. The third-order valence-electron chi connectivity index (χ3n) is 3.11. The zero-order valence-electron chi connectivity index (χ0n) is 10.2. The fourth-order valence-electron chi connectivity index (χ4n) is 2.17. The van der Waals surface area contributed by atoms with Crippen LogP contribution in [0.25, 0.3) is 0 Å². The number of nitrogens with zero attached hydrogens (tertiary/aromatic N) is 2. The van der Waals surface area contributed by atoms with Crippen LogP contribution in [0, 0.1) is 6.92 Å². The Labute approximate surface area is 111 Å². The summed E-state index contributed by atoms with van der Waals surface area (Å²) in [4.78, 5) is 19.8. The molecule has 0 spiro atoms. The van der Waals surface area contributed by atoms with Crippen LogP contribution in [0.1, 0.15) is 41.9 Å². The molecule has 1 aromatic rings. The predicted molar refractivity (Wildman–Crippen MR) is 67.5 cm³/mol. The van der Waals surface area contributed by atoms with Crippen molar-refractivity contribution in [3.8, 4) is 0 Å². The highest BCUT2D eigenvalue weighted by atomic mass is 35.5. The van der Waals surface area contributed by atoms with Crippen LogP contribution in [0.4, 0.5) is 0 Å². The van der Waals surface area contributed by atoms with E-state index in [1.807, 2.05) is 0 Å². The molecule has 0 bridgehead atoms. The third-order valence-corrected chi connectivity index (χ3v) is 3.27. The van der Waals surface area contributed by atoms with Crippen molar-refractivity contribution in [3.05, 3.63) is 22.7 Å². The van der Waals surface area contributed by atoms with Gasteiger partial charge in [-0.25, -0.2) is 9.97 Å². The molecule has 1 saturated carbocycles. The summed E-state index contributed by atoms with van der Waals surface area (Å²) >= 11 is 5.71. The van der Waals surface area contributed by atoms with E-state index in [9.17, 15) is 9.90 Å². The van der Waals surface area contributed by atoms with Gasteiger partial charge in [-0.05, 0) is 37.4 Å². The normalized spacial score (nSPS) is 23.7. The maximum atomic E-state index is 12.0. The number of nitrogens with one attached hydrogen (secondary N) is 1. The fourth-order valence-corrected chi connectivity index (χ4v) is 2.39. The molecule has 2 rings (SSSR count). The monoisotopic (exact) mass is 269 g/mol.